The largest absolute Gasteiger partial charge is 0.310 e. The van der Waals surface area contributed by atoms with Crippen molar-refractivity contribution in [1.82, 2.24) is 0 Å². The summed E-state index contributed by atoms with van der Waals surface area (Å²) in [6.45, 7) is 16.1. The standard InChI is InChI=1S/C63H55N/c1-9-21-48(44-36-39-57-54(40-44)51-26-14-16-30-55(51)62(57,5)6)46(10-2)52-27-15-18-32-58(52)64(59-33-20-29-53-50-25-13-17-31-56(50)63(7,8)61(53)59)45-37-34-43(35-38-45)49-28-19-23-42(4)60(49)47-24-12-11-22-41(47)3/h1,10,12-21,23-40H,11,22H2,2-8H3/b46-10+,48-21-. The number of aryl methyl sites for hydroxylation is 1. The van der Waals surface area contributed by atoms with E-state index in [-0.39, 0.29) is 10.8 Å². The summed E-state index contributed by atoms with van der Waals surface area (Å²) in [5.74, 6) is 2.95. The van der Waals surface area contributed by atoms with Gasteiger partial charge < -0.3 is 4.90 Å². The van der Waals surface area contributed by atoms with E-state index in [1.165, 1.54) is 77.9 Å². The first-order valence-electron chi connectivity index (χ1n) is 22.8. The lowest BCUT2D eigenvalue weighted by Crippen LogP contribution is -2.21. The molecule has 312 valence electrons. The summed E-state index contributed by atoms with van der Waals surface area (Å²) in [6, 6.07) is 56.4. The lowest BCUT2D eigenvalue weighted by molar-refractivity contribution is 0.660. The summed E-state index contributed by atoms with van der Waals surface area (Å²) in [5, 5.41) is 0. The highest BCUT2D eigenvalue weighted by molar-refractivity contribution is 6.10. The number of rotatable bonds is 8. The summed E-state index contributed by atoms with van der Waals surface area (Å²) < 4.78 is 0. The van der Waals surface area contributed by atoms with Gasteiger partial charge in [-0.05, 0) is 159 Å². The molecule has 0 saturated heterocycles. The normalized spacial score (nSPS) is 15.6. The van der Waals surface area contributed by atoms with Crippen molar-refractivity contribution in [3.8, 4) is 45.7 Å². The van der Waals surface area contributed by atoms with Crippen molar-refractivity contribution in [1.29, 1.82) is 0 Å². The molecule has 0 aliphatic heterocycles. The van der Waals surface area contributed by atoms with E-state index in [0.29, 0.717) is 0 Å². The zero-order valence-corrected chi connectivity index (χ0v) is 38.2. The second kappa shape index (κ2) is 15.9. The third-order valence-corrected chi connectivity index (χ3v) is 14.3. The van der Waals surface area contributed by atoms with Gasteiger partial charge in [0.2, 0.25) is 0 Å². The van der Waals surface area contributed by atoms with Crippen LogP contribution in [-0.4, -0.2) is 0 Å². The highest BCUT2D eigenvalue weighted by atomic mass is 15.1. The first-order valence-corrected chi connectivity index (χ1v) is 22.8. The second-order valence-electron chi connectivity index (χ2n) is 18.8. The maximum atomic E-state index is 6.25. The van der Waals surface area contributed by atoms with E-state index in [1.54, 1.807) is 0 Å². The summed E-state index contributed by atoms with van der Waals surface area (Å²) in [4.78, 5) is 2.50. The predicted molar refractivity (Wildman–Crippen MR) is 274 cm³/mol. The van der Waals surface area contributed by atoms with Gasteiger partial charge in [0.1, 0.15) is 0 Å². The predicted octanol–water partition coefficient (Wildman–Crippen LogP) is 17.0. The molecule has 0 spiro atoms. The number of para-hydroxylation sites is 1. The van der Waals surface area contributed by atoms with Crippen molar-refractivity contribution in [2.75, 3.05) is 4.90 Å². The van der Waals surface area contributed by atoms with Gasteiger partial charge in [0.25, 0.3) is 0 Å². The van der Waals surface area contributed by atoms with E-state index < -0.39 is 0 Å². The van der Waals surface area contributed by atoms with E-state index in [4.69, 9.17) is 6.42 Å². The fraction of sp³-hybridized carbons (Fsp3) is 0.175. The molecule has 0 atom stereocenters. The van der Waals surface area contributed by atoms with Crippen molar-refractivity contribution < 1.29 is 0 Å². The molecule has 1 nitrogen and oxygen atoms in total. The molecule has 64 heavy (non-hydrogen) atoms. The van der Waals surface area contributed by atoms with Gasteiger partial charge in [-0.1, -0.05) is 179 Å². The minimum atomic E-state index is -0.238. The van der Waals surface area contributed by atoms with Gasteiger partial charge in [0.15, 0.2) is 0 Å². The molecule has 7 aromatic carbocycles. The molecule has 1 heteroatoms. The van der Waals surface area contributed by atoms with Crippen LogP contribution in [0.3, 0.4) is 0 Å². The summed E-state index contributed by atoms with van der Waals surface area (Å²) >= 11 is 0. The van der Waals surface area contributed by atoms with Crippen LogP contribution >= 0.6 is 0 Å². The molecular formula is C63H55N. The molecule has 10 rings (SSSR count). The molecule has 0 unspecified atom stereocenters. The van der Waals surface area contributed by atoms with Crippen LogP contribution in [0.5, 0.6) is 0 Å². The highest BCUT2D eigenvalue weighted by Crippen LogP contribution is 2.56. The van der Waals surface area contributed by atoms with E-state index in [0.717, 1.165) is 52.2 Å². The van der Waals surface area contributed by atoms with Crippen molar-refractivity contribution >= 4 is 33.8 Å². The quantitative estimate of drug-likeness (QED) is 0.109. The van der Waals surface area contributed by atoms with Crippen molar-refractivity contribution in [3.63, 3.8) is 0 Å². The minimum Gasteiger partial charge on any atom is -0.310 e. The zero-order valence-electron chi connectivity index (χ0n) is 38.2. The molecule has 0 radical (unpaired) electrons. The van der Waals surface area contributed by atoms with Crippen molar-refractivity contribution in [3.05, 3.63) is 226 Å². The van der Waals surface area contributed by atoms with Crippen LogP contribution < -0.4 is 4.90 Å². The Balaban J connectivity index is 1.16. The molecule has 0 aromatic heterocycles. The Hall–Kier alpha value is -7.14. The van der Waals surface area contributed by atoms with Gasteiger partial charge in [-0.25, -0.2) is 0 Å². The molecule has 0 N–H and O–H groups in total. The molecule has 0 amide bonds. The van der Waals surface area contributed by atoms with Crippen LogP contribution in [0.1, 0.15) is 98.9 Å². The first-order chi connectivity index (χ1) is 31.0. The molecule has 0 saturated carbocycles. The summed E-state index contributed by atoms with van der Waals surface area (Å²) in [6.07, 6.45) is 17.3. The van der Waals surface area contributed by atoms with Crippen LogP contribution in [0.25, 0.3) is 50.1 Å². The van der Waals surface area contributed by atoms with Crippen LogP contribution in [0.4, 0.5) is 17.1 Å². The van der Waals surface area contributed by atoms with Gasteiger partial charge >= 0.3 is 0 Å². The Morgan fingerprint density at radius 2 is 1.23 bits per heavy atom. The van der Waals surface area contributed by atoms with Gasteiger partial charge in [0.05, 0.1) is 11.4 Å². The van der Waals surface area contributed by atoms with Gasteiger partial charge in [-0.2, -0.15) is 0 Å². The number of allylic oxidation sites excluding steroid dienone is 8. The molecule has 3 aliphatic carbocycles. The number of fused-ring (bicyclic) bond motifs is 6. The van der Waals surface area contributed by atoms with E-state index in [9.17, 15) is 0 Å². The average Bonchev–Trinajstić information content (AvgIpc) is 3.69. The van der Waals surface area contributed by atoms with Crippen LogP contribution in [0.15, 0.2) is 182 Å². The Morgan fingerprint density at radius 1 is 0.609 bits per heavy atom. The SMILES string of the molecule is C#C/C=C(\C(=C/C)c1ccccc1N(c1ccc(-c2cccc(C)c2C2=C(C)CCC=C2)cc1)c1cccc2c1C(C)(C)c1ccccc1-2)c1ccc2c(c1)-c1ccccc1C2(C)C. The Morgan fingerprint density at radius 3 is 1.97 bits per heavy atom. The lowest BCUT2D eigenvalue weighted by atomic mass is 9.81. The second-order valence-corrected chi connectivity index (χ2v) is 18.8. The molecule has 0 bridgehead atoms. The van der Waals surface area contributed by atoms with E-state index >= 15 is 0 Å². The third kappa shape index (κ3) is 6.47. The molecule has 3 aliphatic rings. The number of benzene rings is 7. The zero-order chi connectivity index (χ0) is 44.3. The molecule has 0 heterocycles. The number of anilines is 3. The first kappa shape index (κ1) is 40.9. The van der Waals surface area contributed by atoms with E-state index in [2.05, 4.69) is 229 Å². The number of terminal acetylenes is 1. The average molecular weight is 826 g/mol. The fourth-order valence-corrected chi connectivity index (χ4v) is 11.2. The number of hydrogen-bond acceptors (Lipinski definition) is 1. The van der Waals surface area contributed by atoms with Crippen molar-refractivity contribution in [2.24, 2.45) is 0 Å². The van der Waals surface area contributed by atoms with E-state index in [1.807, 2.05) is 6.08 Å². The minimum absolute atomic E-state index is 0.0834. The smallest absolute Gasteiger partial charge is 0.0540 e. The molecule has 7 aromatic rings. The van der Waals surface area contributed by atoms with Gasteiger partial charge in [-0.3, -0.25) is 0 Å². The van der Waals surface area contributed by atoms with Crippen LogP contribution in [0, 0.1) is 19.3 Å². The molecule has 0 fully saturated rings. The number of hydrogen-bond donors (Lipinski definition) is 0. The monoisotopic (exact) mass is 825 g/mol. The Labute approximate surface area is 380 Å². The Bertz CT molecular complexity index is 3190. The fourth-order valence-electron chi connectivity index (χ4n) is 11.2. The van der Waals surface area contributed by atoms with Crippen LogP contribution in [-0.2, 0) is 10.8 Å². The van der Waals surface area contributed by atoms with Crippen molar-refractivity contribution in [2.45, 2.75) is 72.1 Å². The van der Waals surface area contributed by atoms with Gasteiger partial charge in [-0.15, -0.1) is 6.42 Å². The lowest BCUT2D eigenvalue weighted by Gasteiger charge is -2.34. The van der Waals surface area contributed by atoms with Crippen LogP contribution in [0.2, 0.25) is 0 Å². The molecular weight excluding hydrogens is 771 g/mol. The summed E-state index contributed by atoms with van der Waals surface area (Å²) in [7, 11) is 0. The van der Waals surface area contributed by atoms with Gasteiger partial charge in [0, 0.05) is 22.1 Å². The maximum Gasteiger partial charge on any atom is 0.0540 e. The number of nitrogens with zero attached hydrogens (tertiary/aromatic N) is 1. The third-order valence-electron chi connectivity index (χ3n) is 14.3. The Kier molecular flexibility index (Phi) is 10.2. The highest BCUT2D eigenvalue weighted by Gasteiger charge is 2.39. The topological polar surface area (TPSA) is 3.24 Å². The maximum absolute atomic E-state index is 6.25. The summed E-state index contributed by atoms with van der Waals surface area (Å²) in [5.41, 5.74) is 25.8.